The van der Waals surface area contributed by atoms with Crippen molar-refractivity contribution in [3.05, 3.63) is 48.2 Å². The summed E-state index contributed by atoms with van der Waals surface area (Å²) in [5, 5.41) is 1.10. The van der Waals surface area contributed by atoms with Crippen molar-refractivity contribution in [3.8, 4) is 0 Å². The van der Waals surface area contributed by atoms with Crippen molar-refractivity contribution in [3.63, 3.8) is 0 Å². The summed E-state index contributed by atoms with van der Waals surface area (Å²) >= 11 is 0. The lowest BCUT2D eigenvalue weighted by Crippen LogP contribution is -2.12. The van der Waals surface area contributed by atoms with Crippen LogP contribution in [0.3, 0.4) is 0 Å². The summed E-state index contributed by atoms with van der Waals surface area (Å²) in [4.78, 5) is 11.2. The van der Waals surface area contributed by atoms with Crippen LogP contribution in [-0.2, 0) is 16.5 Å². The number of benzene rings is 1. The zero-order chi connectivity index (χ0) is 14.0. The Hall–Kier alpha value is -2.23. The number of carbonyl (C=O) groups is 1. The van der Waals surface area contributed by atoms with Crippen molar-refractivity contribution >= 4 is 17.1 Å². The Kier molecular flexibility index (Phi) is 3.60. The zero-order valence-corrected chi connectivity index (χ0v) is 11.3. The summed E-state index contributed by atoms with van der Waals surface area (Å²) in [6.07, 6.45) is 0.342. The molecule has 0 saturated carbocycles. The molecule has 1 heterocycles. The average Bonchev–Trinajstić information content (AvgIpc) is 2.73. The van der Waals surface area contributed by atoms with Gasteiger partial charge in [-0.15, -0.1) is 0 Å². The molecule has 0 bridgehead atoms. The first kappa shape index (κ1) is 13.2. The third-order valence-corrected chi connectivity index (χ3v) is 3.13. The number of ether oxygens (including phenoxy) is 2. The fourth-order valence-corrected chi connectivity index (χ4v) is 2.12. The van der Waals surface area contributed by atoms with E-state index >= 15 is 0 Å². The highest BCUT2D eigenvalue weighted by molar-refractivity contribution is 5.82. The van der Waals surface area contributed by atoms with E-state index in [1.807, 2.05) is 30.7 Å². The number of rotatable bonds is 3. The minimum atomic E-state index is -0.716. The Morgan fingerprint density at radius 1 is 1.42 bits per heavy atom. The third-order valence-electron chi connectivity index (χ3n) is 3.13. The minimum absolute atomic E-state index is 0.523. The molecule has 0 aliphatic heterocycles. The van der Waals surface area contributed by atoms with Crippen molar-refractivity contribution in [2.24, 2.45) is 7.05 Å². The molecule has 0 N–H and O–H groups in total. The second-order valence-corrected chi connectivity index (χ2v) is 4.42. The summed E-state index contributed by atoms with van der Waals surface area (Å²) < 4.78 is 11.7. The number of hydrogen-bond donors (Lipinski definition) is 0. The van der Waals surface area contributed by atoms with E-state index in [1.165, 1.54) is 12.7 Å². The molecule has 1 atom stereocenters. The van der Waals surface area contributed by atoms with Crippen LogP contribution in [0.15, 0.2) is 36.9 Å². The van der Waals surface area contributed by atoms with Crippen molar-refractivity contribution in [1.29, 1.82) is 0 Å². The summed E-state index contributed by atoms with van der Waals surface area (Å²) in [6.45, 7) is 5.75. The molecule has 0 spiro atoms. The molecular weight excluding hydrogens is 242 g/mol. The largest absolute Gasteiger partial charge is 0.508 e. The first-order chi connectivity index (χ1) is 9.06. The summed E-state index contributed by atoms with van der Waals surface area (Å²) in [5.41, 5.74) is 3.14. The second kappa shape index (κ2) is 5.18. The number of methoxy groups -OCH3 is 1. The van der Waals surface area contributed by atoms with Gasteiger partial charge in [0.2, 0.25) is 0 Å². The summed E-state index contributed by atoms with van der Waals surface area (Å²) in [7, 11) is 3.22. The molecule has 0 aliphatic rings. The number of fused-ring (bicyclic) bond motifs is 1. The van der Waals surface area contributed by atoms with Crippen LogP contribution in [0.5, 0.6) is 0 Å². The zero-order valence-electron chi connectivity index (χ0n) is 11.3. The minimum Gasteiger partial charge on any atom is -0.438 e. The smallest absolute Gasteiger partial charge is 0.438 e. The molecule has 4 nitrogen and oxygen atoms in total. The number of nitrogens with zero attached hydrogens (tertiary/aromatic N) is 1. The fourth-order valence-electron chi connectivity index (χ4n) is 2.12. The van der Waals surface area contributed by atoms with Gasteiger partial charge in [0.1, 0.15) is 0 Å². The van der Waals surface area contributed by atoms with E-state index in [2.05, 4.69) is 23.4 Å². The van der Waals surface area contributed by atoms with Crippen LogP contribution in [0.2, 0.25) is 0 Å². The molecule has 0 radical (unpaired) electrons. The highest BCUT2D eigenvalue weighted by Gasteiger charge is 2.18. The molecule has 1 aromatic carbocycles. The Morgan fingerprint density at radius 2 is 2.16 bits per heavy atom. The first-order valence-electron chi connectivity index (χ1n) is 6.00. The van der Waals surface area contributed by atoms with Crippen molar-refractivity contribution < 1.29 is 14.3 Å². The topological polar surface area (TPSA) is 40.5 Å². The molecule has 1 aromatic heterocycles. The lowest BCUT2D eigenvalue weighted by atomic mass is 10.2. The number of aromatic nitrogens is 1. The van der Waals surface area contributed by atoms with Gasteiger partial charge in [-0.05, 0) is 30.7 Å². The highest BCUT2D eigenvalue weighted by Crippen LogP contribution is 2.27. The Balaban J connectivity index is 2.46. The van der Waals surface area contributed by atoms with E-state index in [9.17, 15) is 4.79 Å². The molecule has 2 rings (SSSR count). The van der Waals surface area contributed by atoms with Gasteiger partial charge in [0.15, 0.2) is 6.10 Å². The predicted molar refractivity (Wildman–Crippen MR) is 74.1 cm³/mol. The van der Waals surface area contributed by atoms with E-state index in [-0.39, 0.29) is 0 Å². The molecule has 0 amide bonds. The monoisotopic (exact) mass is 259 g/mol. The van der Waals surface area contributed by atoms with E-state index in [0.29, 0.717) is 0 Å². The van der Waals surface area contributed by atoms with E-state index in [4.69, 9.17) is 4.74 Å². The van der Waals surface area contributed by atoms with Gasteiger partial charge in [-0.3, -0.25) is 0 Å². The SMILES string of the molecule is C=CC(OC(=O)OC)c1cc2ccc(C)cc2n1C. The second-order valence-electron chi connectivity index (χ2n) is 4.42. The molecule has 19 heavy (non-hydrogen) atoms. The van der Waals surface area contributed by atoms with Crippen molar-refractivity contribution in [2.75, 3.05) is 7.11 Å². The summed E-state index contributed by atoms with van der Waals surface area (Å²) in [6, 6.07) is 8.18. The van der Waals surface area contributed by atoms with Gasteiger partial charge in [-0.25, -0.2) is 4.79 Å². The Morgan fingerprint density at radius 3 is 2.79 bits per heavy atom. The lowest BCUT2D eigenvalue weighted by molar-refractivity contribution is 0.0503. The average molecular weight is 259 g/mol. The van der Waals surface area contributed by atoms with Crippen LogP contribution in [0, 0.1) is 6.92 Å². The van der Waals surface area contributed by atoms with E-state index in [1.54, 1.807) is 6.08 Å². The van der Waals surface area contributed by atoms with Crippen LogP contribution in [0.25, 0.3) is 10.9 Å². The molecule has 2 aromatic rings. The first-order valence-corrected chi connectivity index (χ1v) is 6.00. The van der Waals surface area contributed by atoms with Crippen LogP contribution in [0.4, 0.5) is 4.79 Å². The van der Waals surface area contributed by atoms with Crippen LogP contribution >= 0.6 is 0 Å². The molecule has 100 valence electrons. The third kappa shape index (κ3) is 2.47. The quantitative estimate of drug-likeness (QED) is 0.625. The van der Waals surface area contributed by atoms with Crippen molar-refractivity contribution in [1.82, 2.24) is 4.57 Å². The molecular formula is C15H17NO3. The predicted octanol–water partition coefficient (Wildman–Crippen LogP) is 3.50. The normalized spacial score (nSPS) is 12.2. The van der Waals surface area contributed by atoms with Crippen LogP contribution in [-0.4, -0.2) is 17.8 Å². The van der Waals surface area contributed by atoms with Gasteiger partial charge >= 0.3 is 6.16 Å². The molecule has 4 heteroatoms. The van der Waals surface area contributed by atoms with E-state index in [0.717, 1.165) is 16.6 Å². The molecule has 0 aliphatic carbocycles. The molecule has 1 unspecified atom stereocenters. The Bertz CT molecular complexity index is 628. The highest BCUT2D eigenvalue weighted by atomic mass is 16.7. The number of carbonyl (C=O) groups excluding carboxylic acids is 1. The van der Waals surface area contributed by atoms with Gasteiger partial charge in [0.05, 0.1) is 12.8 Å². The number of aryl methyl sites for hydroxylation is 2. The molecule has 0 saturated heterocycles. The Labute approximate surface area is 112 Å². The number of hydrogen-bond acceptors (Lipinski definition) is 3. The standard InChI is InChI=1S/C15H17NO3/c1-5-14(19-15(17)18-4)13-9-11-7-6-10(2)8-12(11)16(13)3/h5-9,14H,1H2,2-4H3. The van der Waals surface area contributed by atoms with E-state index < -0.39 is 12.3 Å². The van der Waals surface area contributed by atoms with Gasteiger partial charge in [0, 0.05) is 18.0 Å². The summed E-state index contributed by atoms with van der Waals surface area (Å²) in [5.74, 6) is 0. The maximum Gasteiger partial charge on any atom is 0.508 e. The van der Waals surface area contributed by atoms with Crippen LogP contribution in [0.1, 0.15) is 17.4 Å². The van der Waals surface area contributed by atoms with Gasteiger partial charge in [0.25, 0.3) is 0 Å². The lowest BCUT2D eigenvalue weighted by Gasteiger charge is -2.14. The maximum atomic E-state index is 11.2. The fraction of sp³-hybridized carbons (Fsp3) is 0.267. The van der Waals surface area contributed by atoms with Crippen LogP contribution < -0.4 is 0 Å². The van der Waals surface area contributed by atoms with Gasteiger partial charge in [-0.2, -0.15) is 0 Å². The maximum absolute atomic E-state index is 11.2. The molecule has 0 fully saturated rings. The van der Waals surface area contributed by atoms with Gasteiger partial charge in [-0.1, -0.05) is 18.7 Å². The van der Waals surface area contributed by atoms with Gasteiger partial charge < -0.3 is 14.0 Å². The van der Waals surface area contributed by atoms with Crippen molar-refractivity contribution in [2.45, 2.75) is 13.0 Å².